The van der Waals surface area contributed by atoms with Crippen LogP contribution in [0.15, 0.2) is 47.6 Å². The third-order valence-electron chi connectivity index (χ3n) is 3.62. The lowest BCUT2D eigenvalue weighted by molar-refractivity contribution is -0.252. The highest BCUT2D eigenvalue weighted by molar-refractivity contribution is 6.39. The number of alkyl halides is 4. The number of carbonyl (C=O) groups is 2. The van der Waals surface area contributed by atoms with Crippen molar-refractivity contribution in [3.05, 3.63) is 48.0 Å². The molecule has 2 amide bonds. The number of hydrazone groups is 1. The average molecular weight is 427 g/mol. The van der Waals surface area contributed by atoms with Gasteiger partial charge in [-0.25, -0.2) is 5.43 Å². The SMILES string of the molecule is O=C(NN=Cc1ccc2c(c1)OCO2)C(=O)Nc1ccccc1OC(F)(F)C(F)F. The molecule has 0 fully saturated rings. The molecule has 0 saturated carbocycles. The van der Waals surface area contributed by atoms with E-state index in [9.17, 15) is 27.2 Å². The van der Waals surface area contributed by atoms with Crippen LogP contribution in [0.25, 0.3) is 0 Å². The van der Waals surface area contributed by atoms with Gasteiger partial charge in [0.05, 0.1) is 11.9 Å². The second-order valence-corrected chi connectivity index (χ2v) is 5.73. The number of amides is 2. The first-order chi connectivity index (χ1) is 14.3. The molecule has 30 heavy (non-hydrogen) atoms. The number of rotatable bonds is 6. The molecule has 0 aromatic heterocycles. The molecule has 0 spiro atoms. The molecule has 1 heterocycles. The number of carbonyl (C=O) groups excluding carboxylic acids is 2. The molecule has 158 valence electrons. The lowest BCUT2D eigenvalue weighted by atomic mass is 10.2. The van der Waals surface area contributed by atoms with E-state index in [0.717, 1.165) is 12.1 Å². The molecule has 12 heteroatoms. The summed E-state index contributed by atoms with van der Waals surface area (Å²) in [5, 5.41) is 5.59. The Morgan fingerprint density at radius 2 is 1.83 bits per heavy atom. The van der Waals surface area contributed by atoms with E-state index in [-0.39, 0.29) is 6.79 Å². The molecule has 1 aliphatic heterocycles. The van der Waals surface area contributed by atoms with Gasteiger partial charge >= 0.3 is 24.3 Å². The van der Waals surface area contributed by atoms with E-state index in [0.29, 0.717) is 17.1 Å². The third-order valence-corrected chi connectivity index (χ3v) is 3.62. The van der Waals surface area contributed by atoms with Crippen LogP contribution in [-0.4, -0.2) is 37.4 Å². The van der Waals surface area contributed by atoms with Crippen LogP contribution < -0.4 is 25.0 Å². The molecular formula is C18H13F4N3O5. The first-order valence-electron chi connectivity index (χ1n) is 8.24. The summed E-state index contributed by atoms with van der Waals surface area (Å²) in [6, 6.07) is 9.42. The summed E-state index contributed by atoms with van der Waals surface area (Å²) in [5.41, 5.74) is 2.07. The van der Waals surface area contributed by atoms with Crippen molar-refractivity contribution in [2.24, 2.45) is 5.10 Å². The molecule has 8 nitrogen and oxygen atoms in total. The zero-order valence-corrected chi connectivity index (χ0v) is 14.9. The molecule has 0 unspecified atom stereocenters. The number of benzene rings is 2. The molecular weight excluding hydrogens is 414 g/mol. The quantitative estimate of drug-likeness (QED) is 0.320. The van der Waals surface area contributed by atoms with Crippen LogP contribution in [0, 0.1) is 0 Å². The Labute approximate surface area is 166 Å². The maximum absolute atomic E-state index is 13.1. The van der Waals surface area contributed by atoms with Crippen LogP contribution in [0.4, 0.5) is 23.2 Å². The Morgan fingerprint density at radius 1 is 1.10 bits per heavy atom. The van der Waals surface area contributed by atoms with Crippen LogP contribution in [0.2, 0.25) is 0 Å². The summed E-state index contributed by atoms with van der Waals surface area (Å²) >= 11 is 0. The maximum atomic E-state index is 13.1. The summed E-state index contributed by atoms with van der Waals surface area (Å²) in [7, 11) is 0. The number of ether oxygens (including phenoxy) is 3. The Hall–Kier alpha value is -3.83. The molecule has 2 aromatic carbocycles. The molecule has 3 rings (SSSR count). The van der Waals surface area contributed by atoms with Gasteiger partial charge in [0, 0.05) is 0 Å². The van der Waals surface area contributed by atoms with Crippen molar-refractivity contribution in [2.45, 2.75) is 12.5 Å². The van der Waals surface area contributed by atoms with Crippen molar-refractivity contribution in [2.75, 3.05) is 12.1 Å². The number of nitrogens with one attached hydrogen (secondary N) is 2. The van der Waals surface area contributed by atoms with Gasteiger partial charge in [-0.15, -0.1) is 0 Å². The summed E-state index contributed by atoms with van der Waals surface area (Å²) in [4.78, 5) is 23.8. The van der Waals surface area contributed by atoms with Gasteiger partial charge in [0.2, 0.25) is 6.79 Å². The van der Waals surface area contributed by atoms with Crippen LogP contribution in [-0.2, 0) is 9.59 Å². The molecule has 2 N–H and O–H groups in total. The Balaban J connectivity index is 1.60. The highest BCUT2D eigenvalue weighted by Gasteiger charge is 2.44. The van der Waals surface area contributed by atoms with E-state index in [1.807, 2.05) is 10.7 Å². The highest BCUT2D eigenvalue weighted by atomic mass is 19.3. The van der Waals surface area contributed by atoms with Crippen molar-refractivity contribution in [3.8, 4) is 17.2 Å². The second-order valence-electron chi connectivity index (χ2n) is 5.73. The van der Waals surface area contributed by atoms with Crippen molar-refractivity contribution in [1.29, 1.82) is 0 Å². The minimum Gasteiger partial charge on any atom is -0.454 e. The number of para-hydroxylation sites is 2. The normalized spacial score (nSPS) is 12.8. The van der Waals surface area contributed by atoms with Crippen LogP contribution >= 0.6 is 0 Å². The van der Waals surface area contributed by atoms with Gasteiger partial charge in [0.25, 0.3) is 0 Å². The van der Waals surface area contributed by atoms with Crippen molar-refractivity contribution >= 4 is 23.7 Å². The van der Waals surface area contributed by atoms with Gasteiger partial charge in [0.1, 0.15) is 5.75 Å². The Kier molecular flexibility index (Phi) is 6.04. The molecule has 1 aliphatic rings. The monoisotopic (exact) mass is 427 g/mol. The van der Waals surface area contributed by atoms with E-state index in [2.05, 4.69) is 9.84 Å². The van der Waals surface area contributed by atoms with Crippen LogP contribution in [0.3, 0.4) is 0 Å². The molecule has 0 aliphatic carbocycles. The second kappa shape index (κ2) is 8.68. The Bertz CT molecular complexity index is 984. The molecule has 0 atom stereocenters. The predicted octanol–water partition coefficient (Wildman–Crippen LogP) is 2.74. The van der Waals surface area contributed by atoms with Crippen LogP contribution in [0.5, 0.6) is 17.2 Å². The number of anilines is 1. The lowest BCUT2D eigenvalue weighted by Crippen LogP contribution is -2.35. The number of hydrogen-bond donors (Lipinski definition) is 2. The van der Waals surface area contributed by atoms with E-state index in [1.165, 1.54) is 18.3 Å². The van der Waals surface area contributed by atoms with E-state index >= 15 is 0 Å². The standard InChI is InChI=1S/C18H13F4N3O5/c19-17(20)18(21,22)30-12-4-2-1-3-11(12)24-15(26)16(27)25-23-8-10-5-6-13-14(7-10)29-9-28-13/h1-8,17H,9H2,(H,24,26)(H,25,27). The Morgan fingerprint density at radius 3 is 2.60 bits per heavy atom. The largest absolute Gasteiger partial charge is 0.461 e. The zero-order valence-electron chi connectivity index (χ0n) is 14.9. The van der Waals surface area contributed by atoms with Crippen molar-refractivity contribution in [1.82, 2.24) is 5.43 Å². The number of halogens is 4. The number of fused-ring (bicyclic) bond motifs is 1. The summed E-state index contributed by atoms with van der Waals surface area (Å²) in [6.07, 6.45) is -7.64. The summed E-state index contributed by atoms with van der Waals surface area (Å²) in [6.45, 7) is 0.0846. The van der Waals surface area contributed by atoms with Crippen molar-refractivity contribution < 1.29 is 41.4 Å². The highest BCUT2D eigenvalue weighted by Crippen LogP contribution is 2.33. The van der Waals surface area contributed by atoms with Gasteiger partial charge < -0.3 is 19.5 Å². The lowest BCUT2D eigenvalue weighted by Gasteiger charge is -2.19. The van der Waals surface area contributed by atoms with Gasteiger partial charge in [-0.2, -0.15) is 22.7 Å². The van der Waals surface area contributed by atoms with Gasteiger partial charge in [-0.05, 0) is 35.9 Å². The first-order valence-corrected chi connectivity index (χ1v) is 8.24. The molecule has 2 aromatic rings. The van der Waals surface area contributed by atoms with E-state index in [4.69, 9.17) is 9.47 Å². The molecule has 0 radical (unpaired) electrons. The van der Waals surface area contributed by atoms with E-state index in [1.54, 1.807) is 18.2 Å². The van der Waals surface area contributed by atoms with Gasteiger partial charge in [-0.1, -0.05) is 12.1 Å². The van der Waals surface area contributed by atoms with Gasteiger partial charge in [-0.3, -0.25) is 9.59 Å². The number of nitrogens with zero attached hydrogens (tertiary/aromatic N) is 1. The van der Waals surface area contributed by atoms with Crippen molar-refractivity contribution in [3.63, 3.8) is 0 Å². The van der Waals surface area contributed by atoms with Gasteiger partial charge in [0.15, 0.2) is 11.5 Å². The first kappa shape index (κ1) is 20.9. The maximum Gasteiger partial charge on any atom is 0.461 e. The van der Waals surface area contributed by atoms with Crippen LogP contribution in [0.1, 0.15) is 5.56 Å². The fraction of sp³-hybridized carbons (Fsp3) is 0.167. The minimum absolute atomic E-state index is 0.0846. The summed E-state index contributed by atoms with van der Waals surface area (Å²) in [5.74, 6) is -2.22. The fourth-order valence-electron chi connectivity index (χ4n) is 2.24. The fourth-order valence-corrected chi connectivity index (χ4v) is 2.24. The smallest absolute Gasteiger partial charge is 0.454 e. The summed E-state index contributed by atoms with van der Waals surface area (Å²) < 4.78 is 65.2. The zero-order chi connectivity index (χ0) is 21.7. The van der Waals surface area contributed by atoms with E-state index < -0.39 is 35.8 Å². The topological polar surface area (TPSA) is 98.3 Å². The minimum atomic E-state index is -4.78. The molecule has 0 bridgehead atoms. The average Bonchev–Trinajstić information content (AvgIpc) is 3.17. The third kappa shape index (κ3) is 4.96. The number of hydrogen-bond acceptors (Lipinski definition) is 6. The predicted molar refractivity (Wildman–Crippen MR) is 95.0 cm³/mol. The molecule has 0 saturated heterocycles.